The Balaban J connectivity index is 1.53. The molecule has 3 aromatic rings. The van der Waals surface area contributed by atoms with Crippen molar-refractivity contribution in [1.82, 2.24) is 15.0 Å². The number of halogens is 1. The molecule has 0 atom stereocenters. The average Bonchev–Trinajstić information content (AvgIpc) is 2.83. The maximum Gasteiger partial charge on any atom is 0.186 e. The van der Waals surface area contributed by atoms with Crippen LogP contribution >= 0.6 is 22.9 Å². The van der Waals surface area contributed by atoms with E-state index in [1.165, 1.54) is 0 Å². The summed E-state index contributed by atoms with van der Waals surface area (Å²) in [5.41, 5.74) is 1.02. The van der Waals surface area contributed by atoms with Crippen molar-refractivity contribution in [3.8, 4) is 0 Å². The summed E-state index contributed by atoms with van der Waals surface area (Å²) in [5.74, 6) is 0.998. The summed E-state index contributed by atoms with van der Waals surface area (Å²) in [4.78, 5) is 17.8. The Morgan fingerprint density at radius 2 is 1.91 bits per heavy atom. The SMILES string of the molecule is Clc1ccc2nc(N3CCCN(c4ccncn4)CC3)sc2c1. The highest BCUT2D eigenvalue weighted by Crippen LogP contribution is 2.31. The molecule has 0 bridgehead atoms. The zero-order valence-electron chi connectivity index (χ0n) is 12.5. The molecule has 0 unspecified atom stereocenters. The molecule has 118 valence electrons. The predicted octanol–water partition coefficient (Wildman–Crippen LogP) is 3.46. The van der Waals surface area contributed by atoms with E-state index >= 15 is 0 Å². The van der Waals surface area contributed by atoms with Gasteiger partial charge in [0.05, 0.1) is 10.2 Å². The molecular weight excluding hydrogens is 330 g/mol. The molecule has 0 aliphatic carbocycles. The van der Waals surface area contributed by atoms with Gasteiger partial charge in [-0.05, 0) is 30.7 Å². The second kappa shape index (κ2) is 6.29. The van der Waals surface area contributed by atoms with Crippen LogP contribution < -0.4 is 9.80 Å². The minimum Gasteiger partial charge on any atom is -0.355 e. The van der Waals surface area contributed by atoms with Crippen LogP contribution in [0.15, 0.2) is 36.8 Å². The lowest BCUT2D eigenvalue weighted by Gasteiger charge is -2.22. The van der Waals surface area contributed by atoms with E-state index in [4.69, 9.17) is 16.6 Å². The number of benzene rings is 1. The highest BCUT2D eigenvalue weighted by Gasteiger charge is 2.18. The summed E-state index contributed by atoms with van der Waals surface area (Å²) < 4.78 is 1.14. The van der Waals surface area contributed by atoms with Crippen LogP contribution in [-0.4, -0.2) is 41.1 Å². The number of fused-ring (bicyclic) bond motifs is 1. The molecule has 0 saturated carbocycles. The van der Waals surface area contributed by atoms with Gasteiger partial charge in [0.15, 0.2) is 5.13 Å². The van der Waals surface area contributed by atoms with Gasteiger partial charge in [-0.3, -0.25) is 0 Å². The maximum atomic E-state index is 6.07. The summed E-state index contributed by atoms with van der Waals surface area (Å²) in [6, 6.07) is 7.84. The minimum atomic E-state index is 0.763. The molecule has 3 heterocycles. The molecule has 1 aromatic carbocycles. The van der Waals surface area contributed by atoms with Crippen LogP contribution in [0.5, 0.6) is 0 Å². The fourth-order valence-electron chi connectivity index (χ4n) is 2.83. The summed E-state index contributed by atoms with van der Waals surface area (Å²) in [6.07, 6.45) is 4.48. The average molecular weight is 346 g/mol. The van der Waals surface area contributed by atoms with Gasteiger partial charge in [-0.25, -0.2) is 15.0 Å². The molecule has 0 radical (unpaired) electrons. The number of hydrogen-bond acceptors (Lipinski definition) is 6. The van der Waals surface area contributed by atoms with Crippen LogP contribution in [0.1, 0.15) is 6.42 Å². The molecule has 1 aliphatic heterocycles. The van der Waals surface area contributed by atoms with Crippen LogP contribution in [0.4, 0.5) is 10.9 Å². The van der Waals surface area contributed by atoms with Crippen molar-refractivity contribution in [3.63, 3.8) is 0 Å². The molecular formula is C16H16ClN5S. The van der Waals surface area contributed by atoms with E-state index in [1.807, 2.05) is 24.3 Å². The van der Waals surface area contributed by atoms with Gasteiger partial charge < -0.3 is 9.80 Å². The van der Waals surface area contributed by atoms with Crippen LogP contribution in [-0.2, 0) is 0 Å². The summed E-state index contributed by atoms with van der Waals surface area (Å²) in [5, 5.41) is 1.84. The van der Waals surface area contributed by atoms with Gasteiger partial charge in [0.25, 0.3) is 0 Å². The summed E-state index contributed by atoms with van der Waals surface area (Å²) >= 11 is 7.78. The lowest BCUT2D eigenvalue weighted by molar-refractivity contribution is 0.795. The third kappa shape index (κ3) is 3.09. The second-order valence-corrected chi connectivity index (χ2v) is 6.95. The first-order valence-corrected chi connectivity index (χ1v) is 8.81. The smallest absolute Gasteiger partial charge is 0.186 e. The Bertz CT molecular complexity index is 807. The van der Waals surface area contributed by atoms with Crippen molar-refractivity contribution in [2.45, 2.75) is 6.42 Å². The molecule has 1 fully saturated rings. The Morgan fingerprint density at radius 1 is 1.04 bits per heavy atom. The number of rotatable bonds is 2. The number of aromatic nitrogens is 3. The highest BCUT2D eigenvalue weighted by molar-refractivity contribution is 7.22. The number of hydrogen-bond donors (Lipinski definition) is 0. The van der Waals surface area contributed by atoms with E-state index in [2.05, 4.69) is 19.8 Å². The monoisotopic (exact) mass is 345 g/mol. The van der Waals surface area contributed by atoms with E-state index in [-0.39, 0.29) is 0 Å². The third-order valence-electron chi connectivity index (χ3n) is 4.00. The van der Waals surface area contributed by atoms with Gasteiger partial charge in [-0.2, -0.15) is 0 Å². The fraction of sp³-hybridized carbons (Fsp3) is 0.312. The van der Waals surface area contributed by atoms with E-state index in [1.54, 1.807) is 23.9 Å². The summed E-state index contributed by atoms with van der Waals surface area (Å²) in [6.45, 7) is 3.89. The summed E-state index contributed by atoms with van der Waals surface area (Å²) in [7, 11) is 0. The normalized spacial score (nSPS) is 15.9. The standard InChI is InChI=1S/C16H16ClN5S/c17-12-2-3-13-14(10-12)23-16(20-13)22-7-1-6-21(8-9-22)15-4-5-18-11-19-15/h2-5,10-11H,1,6-9H2. The van der Waals surface area contributed by atoms with Gasteiger partial charge in [0.2, 0.25) is 0 Å². The third-order valence-corrected chi connectivity index (χ3v) is 5.31. The maximum absolute atomic E-state index is 6.07. The quantitative estimate of drug-likeness (QED) is 0.711. The number of anilines is 2. The molecule has 0 N–H and O–H groups in total. The van der Waals surface area contributed by atoms with Crippen LogP contribution in [0, 0.1) is 0 Å². The van der Waals surface area contributed by atoms with E-state index in [0.29, 0.717) is 0 Å². The first kappa shape index (κ1) is 14.7. The second-order valence-electron chi connectivity index (χ2n) is 5.50. The number of nitrogens with zero attached hydrogens (tertiary/aromatic N) is 5. The van der Waals surface area contributed by atoms with Crippen LogP contribution in [0.25, 0.3) is 10.2 Å². The molecule has 7 heteroatoms. The highest BCUT2D eigenvalue weighted by atomic mass is 35.5. The molecule has 4 rings (SSSR count). The van der Waals surface area contributed by atoms with Crippen molar-refractivity contribution in [2.24, 2.45) is 0 Å². The van der Waals surface area contributed by atoms with Crippen LogP contribution in [0.2, 0.25) is 5.02 Å². The van der Waals surface area contributed by atoms with Crippen molar-refractivity contribution >= 4 is 44.1 Å². The molecule has 0 amide bonds. The Morgan fingerprint density at radius 3 is 2.78 bits per heavy atom. The predicted molar refractivity (Wildman–Crippen MR) is 95.7 cm³/mol. The van der Waals surface area contributed by atoms with E-state index < -0.39 is 0 Å². The Labute approximate surface area is 143 Å². The lowest BCUT2D eigenvalue weighted by Crippen LogP contribution is -2.31. The van der Waals surface area contributed by atoms with Gasteiger partial charge in [-0.1, -0.05) is 22.9 Å². The van der Waals surface area contributed by atoms with Gasteiger partial charge >= 0.3 is 0 Å². The van der Waals surface area contributed by atoms with E-state index in [0.717, 1.165) is 58.8 Å². The zero-order chi connectivity index (χ0) is 15.6. The van der Waals surface area contributed by atoms with Gasteiger partial charge in [-0.15, -0.1) is 0 Å². The zero-order valence-corrected chi connectivity index (χ0v) is 14.1. The topological polar surface area (TPSA) is 45.2 Å². The minimum absolute atomic E-state index is 0.763. The van der Waals surface area contributed by atoms with Crippen molar-refractivity contribution < 1.29 is 0 Å². The molecule has 0 spiro atoms. The Kier molecular flexibility index (Phi) is 4.01. The molecule has 1 saturated heterocycles. The van der Waals surface area contributed by atoms with Gasteiger partial charge in [0, 0.05) is 37.4 Å². The fourth-order valence-corrected chi connectivity index (χ4v) is 4.12. The first-order valence-electron chi connectivity index (χ1n) is 7.61. The Hall–Kier alpha value is -1.92. The van der Waals surface area contributed by atoms with Crippen molar-refractivity contribution in [3.05, 3.63) is 41.8 Å². The van der Waals surface area contributed by atoms with Crippen molar-refractivity contribution in [2.75, 3.05) is 36.0 Å². The number of thiazole rings is 1. The molecule has 5 nitrogen and oxygen atoms in total. The van der Waals surface area contributed by atoms with Crippen molar-refractivity contribution in [1.29, 1.82) is 0 Å². The largest absolute Gasteiger partial charge is 0.355 e. The molecule has 1 aliphatic rings. The van der Waals surface area contributed by atoms with Crippen LogP contribution in [0.3, 0.4) is 0 Å². The molecule has 2 aromatic heterocycles. The van der Waals surface area contributed by atoms with E-state index in [9.17, 15) is 0 Å². The molecule has 23 heavy (non-hydrogen) atoms. The first-order chi connectivity index (χ1) is 11.3. The lowest BCUT2D eigenvalue weighted by atomic mass is 10.3. The van der Waals surface area contributed by atoms with Gasteiger partial charge in [0.1, 0.15) is 12.1 Å².